The lowest BCUT2D eigenvalue weighted by Gasteiger charge is -2.06. The third-order valence-corrected chi connectivity index (χ3v) is 2.85. The summed E-state index contributed by atoms with van der Waals surface area (Å²) in [6.07, 6.45) is 8.16. The van der Waals surface area contributed by atoms with Crippen LogP contribution in [0.3, 0.4) is 0 Å². The Kier molecular flexibility index (Phi) is 6.33. The zero-order chi connectivity index (χ0) is 11.8. The highest BCUT2D eigenvalue weighted by atomic mass is 35.5. The summed E-state index contributed by atoms with van der Waals surface area (Å²) in [5.41, 5.74) is 1.03. The minimum Gasteiger partial charge on any atom is -0.313 e. The van der Waals surface area contributed by atoms with Gasteiger partial charge in [-0.25, -0.2) is 0 Å². The molecule has 0 unspecified atom stereocenters. The predicted octanol–water partition coefficient (Wildman–Crippen LogP) is 3.89. The third kappa shape index (κ3) is 4.90. The molecule has 0 aliphatic rings. The highest BCUT2D eigenvalue weighted by molar-refractivity contribution is 6.33. The van der Waals surface area contributed by atoms with Crippen molar-refractivity contribution in [2.24, 2.45) is 0 Å². The molecule has 1 N–H and O–H groups in total. The quantitative estimate of drug-likeness (QED) is 0.601. The van der Waals surface area contributed by atoms with Gasteiger partial charge in [-0.3, -0.25) is 0 Å². The van der Waals surface area contributed by atoms with Gasteiger partial charge in [-0.15, -0.1) is 12.3 Å². The van der Waals surface area contributed by atoms with Crippen molar-refractivity contribution in [3.8, 4) is 12.3 Å². The second-order valence-electron chi connectivity index (χ2n) is 3.57. The van der Waals surface area contributed by atoms with E-state index in [1.54, 1.807) is 6.07 Å². The zero-order valence-corrected chi connectivity index (χ0v) is 10.6. The molecular weight excluding hydrogens is 241 g/mol. The lowest BCUT2D eigenvalue weighted by molar-refractivity contribution is 0.630. The summed E-state index contributed by atoms with van der Waals surface area (Å²) in [6.45, 7) is 1.69. The van der Waals surface area contributed by atoms with E-state index in [0.29, 0.717) is 5.02 Å². The van der Waals surface area contributed by atoms with Gasteiger partial charge in [0, 0.05) is 23.0 Å². The van der Waals surface area contributed by atoms with Crippen LogP contribution in [0.25, 0.3) is 0 Å². The van der Waals surface area contributed by atoms with Gasteiger partial charge < -0.3 is 5.32 Å². The Morgan fingerprint density at radius 3 is 2.81 bits per heavy atom. The fourth-order valence-corrected chi connectivity index (χ4v) is 1.76. The fourth-order valence-electron chi connectivity index (χ4n) is 1.38. The van der Waals surface area contributed by atoms with Crippen molar-refractivity contribution >= 4 is 23.2 Å². The van der Waals surface area contributed by atoms with E-state index in [9.17, 15) is 0 Å². The summed E-state index contributed by atoms with van der Waals surface area (Å²) < 4.78 is 0. The van der Waals surface area contributed by atoms with Crippen LogP contribution >= 0.6 is 23.2 Å². The molecule has 0 saturated heterocycles. The van der Waals surface area contributed by atoms with Gasteiger partial charge in [0.2, 0.25) is 0 Å². The molecule has 0 amide bonds. The molecule has 0 aliphatic carbocycles. The number of hydrogen-bond donors (Lipinski definition) is 1. The number of halogens is 2. The van der Waals surface area contributed by atoms with E-state index in [1.165, 1.54) is 0 Å². The van der Waals surface area contributed by atoms with E-state index in [-0.39, 0.29) is 0 Å². The van der Waals surface area contributed by atoms with Gasteiger partial charge in [-0.05, 0) is 43.1 Å². The van der Waals surface area contributed by atoms with E-state index in [4.69, 9.17) is 29.6 Å². The predicted molar refractivity (Wildman–Crippen MR) is 70.9 cm³/mol. The lowest BCUT2D eigenvalue weighted by Crippen LogP contribution is -2.14. The normalized spacial score (nSPS) is 10.1. The van der Waals surface area contributed by atoms with Gasteiger partial charge in [0.25, 0.3) is 0 Å². The molecular formula is C13H15Cl2N. The van der Waals surface area contributed by atoms with Crippen LogP contribution in [-0.4, -0.2) is 6.54 Å². The highest BCUT2D eigenvalue weighted by Crippen LogP contribution is 2.20. The molecule has 0 spiro atoms. The van der Waals surface area contributed by atoms with E-state index in [1.807, 2.05) is 12.1 Å². The van der Waals surface area contributed by atoms with E-state index in [2.05, 4.69) is 11.2 Å². The Bertz CT molecular complexity index is 369. The van der Waals surface area contributed by atoms with Gasteiger partial charge in [-0.1, -0.05) is 23.2 Å². The minimum atomic E-state index is 0.716. The molecule has 1 rings (SSSR count). The molecule has 0 aliphatic heterocycles. The van der Waals surface area contributed by atoms with Crippen molar-refractivity contribution in [1.29, 1.82) is 0 Å². The van der Waals surface area contributed by atoms with Crippen molar-refractivity contribution in [3.63, 3.8) is 0 Å². The molecule has 0 aromatic heterocycles. The van der Waals surface area contributed by atoms with Gasteiger partial charge in [0.1, 0.15) is 0 Å². The van der Waals surface area contributed by atoms with Crippen LogP contribution in [0.15, 0.2) is 18.2 Å². The topological polar surface area (TPSA) is 12.0 Å². The second-order valence-corrected chi connectivity index (χ2v) is 4.42. The number of terminal acetylenes is 1. The second kappa shape index (κ2) is 7.57. The maximum atomic E-state index is 6.03. The Balaban J connectivity index is 2.27. The number of unbranched alkanes of at least 4 members (excludes halogenated alkanes) is 2. The molecule has 3 heteroatoms. The monoisotopic (exact) mass is 255 g/mol. The summed E-state index contributed by atoms with van der Waals surface area (Å²) >= 11 is 11.9. The SMILES string of the molecule is C#CCCCCNCc1cc(Cl)ccc1Cl. The van der Waals surface area contributed by atoms with Crippen LogP contribution in [0.4, 0.5) is 0 Å². The Morgan fingerprint density at radius 1 is 1.25 bits per heavy atom. The molecule has 0 radical (unpaired) electrons. The van der Waals surface area contributed by atoms with E-state index < -0.39 is 0 Å². The van der Waals surface area contributed by atoms with Crippen molar-refractivity contribution in [2.45, 2.75) is 25.8 Å². The van der Waals surface area contributed by atoms with Crippen molar-refractivity contribution in [3.05, 3.63) is 33.8 Å². The van der Waals surface area contributed by atoms with Crippen LogP contribution in [0.1, 0.15) is 24.8 Å². The van der Waals surface area contributed by atoms with Crippen LogP contribution in [0, 0.1) is 12.3 Å². The van der Waals surface area contributed by atoms with Crippen LogP contribution in [0.2, 0.25) is 10.0 Å². The Hall–Kier alpha value is -0.680. The average molecular weight is 256 g/mol. The van der Waals surface area contributed by atoms with Crippen molar-refractivity contribution in [1.82, 2.24) is 5.32 Å². The molecule has 1 aromatic rings. The number of rotatable bonds is 6. The van der Waals surface area contributed by atoms with Crippen LogP contribution < -0.4 is 5.32 Å². The maximum Gasteiger partial charge on any atom is 0.0451 e. The zero-order valence-electron chi connectivity index (χ0n) is 9.10. The Morgan fingerprint density at radius 2 is 2.06 bits per heavy atom. The van der Waals surface area contributed by atoms with E-state index >= 15 is 0 Å². The standard InChI is InChI=1S/C13H15Cl2N/c1-2-3-4-5-8-16-10-11-9-12(14)6-7-13(11)15/h1,6-7,9,16H,3-5,8,10H2. The summed E-state index contributed by atoms with van der Waals surface area (Å²) in [4.78, 5) is 0. The largest absolute Gasteiger partial charge is 0.313 e. The molecule has 1 aromatic carbocycles. The van der Waals surface area contributed by atoms with Gasteiger partial charge >= 0.3 is 0 Å². The third-order valence-electron chi connectivity index (χ3n) is 2.25. The fraction of sp³-hybridized carbons (Fsp3) is 0.385. The highest BCUT2D eigenvalue weighted by Gasteiger charge is 2.00. The van der Waals surface area contributed by atoms with Crippen molar-refractivity contribution < 1.29 is 0 Å². The molecule has 0 saturated carbocycles. The summed E-state index contributed by atoms with van der Waals surface area (Å²) in [6, 6.07) is 5.50. The summed E-state index contributed by atoms with van der Waals surface area (Å²) in [7, 11) is 0. The molecule has 0 fully saturated rings. The van der Waals surface area contributed by atoms with Crippen LogP contribution in [-0.2, 0) is 6.54 Å². The van der Waals surface area contributed by atoms with Crippen molar-refractivity contribution in [2.75, 3.05) is 6.54 Å². The number of hydrogen-bond acceptors (Lipinski definition) is 1. The molecule has 86 valence electrons. The molecule has 1 nitrogen and oxygen atoms in total. The minimum absolute atomic E-state index is 0.716. The van der Waals surface area contributed by atoms with Crippen LogP contribution in [0.5, 0.6) is 0 Å². The van der Waals surface area contributed by atoms with Gasteiger partial charge in [0.15, 0.2) is 0 Å². The average Bonchev–Trinajstić information content (AvgIpc) is 2.28. The van der Waals surface area contributed by atoms with E-state index in [0.717, 1.165) is 42.9 Å². The number of nitrogens with one attached hydrogen (secondary N) is 1. The molecule has 0 atom stereocenters. The molecule has 0 heterocycles. The summed E-state index contributed by atoms with van der Waals surface area (Å²) in [5.74, 6) is 2.63. The van der Waals surface area contributed by atoms with Gasteiger partial charge in [0.05, 0.1) is 0 Å². The smallest absolute Gasteiger partial charge is 0.0451 e. The first kappa shape index (κ1) is 13.4. The lowest BCUT2D eigenvalue weighted by atomic mass is 10.2. The Labute approximate surface area is 107 Å². The molecule has 16 heavy (non-hydrogen) atoms. The van der Waals surface area contributed by atoms with Gasteiger partial charge in [-0.2, -0.15) is 0 Å². The first-order valence-electron chi connectivity index (χ1n) is 5.32. The first-order valence-corrected chi connectivity index (χ1v) is 6.07. The first-order chi connectivity index (χ1) is 7.74. The summed E-state index contributed by atoms with van der Waals surface area (Å²) in [5, 5.41) is 4.78. The maximum absolute atomic E-state index is 6.03. The number of benzene rings is 1. The molecule has 0 bridgehead atoms.